The highest BCUT2D eigenvalue weighted by Gasteiger charge is 2.08. The summed E-state index contributed by atoms with van der Waals surface area (Å²) < 4.78 is 5.00. The lowest BCUT2D eigenvalue weighted by molar-refractivity contribution is 0.413. The fraction of sp³-hybridized carbons (Fsp3) is 0.273. The van der Waals surface area contributed by atoms with E-state index in [1.807, 2.05) is 6.07 Å². The summed E-state index contributed by atoms with van der Waals surface area (Å²) in [6.45, 7) is 1.79. The van der Waals surface area contributed by atoms with Crippen molar-refractivity contribution in [3.8, 4) is 17.9 Å². The summed E-state index contributed by atoms with van der Waals surface area (Å²) in [6, 6.07) is 9.35. The molecule has 3 nitrogen and oxygen atoms in total. The van der Waals surface area contributed by atoms with Crippen molar-refractivity contribution >= 4 is 0 Å². The largest absolute Gasteiger partial charge is 0.495 e. The molecule has 0 heterocycles. The van der Waals surface area contributed by atoms with E-state index in [4.69, 9.17) is 15.3 Å². The van der Waals surface area contributed by atoms with Gasteiger partial charge in [0, 0.05) is 0 Å². The van der Waals surface area contributed by atoms with Crippen molar-refractivity contribution in [3.05, 3.63) is 29.3 Å². The monoisotopic (exact) mass is 186 g/mol. The van der Waals surface area contributed by atoms with Crippen LogP contribution < -0.4 is 4.74 Å². The van der Waals surface area contributed by atoms with Crippen LogP contribution in [0.15, 0.2) is 18.2 Å². The maximum absolute atomic E-state index is 8.82. The second kappa shape index (κ2) is 4.30. The van der Waals surface area contributed by atoms with Crippen LogP contribution in [-0.2, 0) is 0 Å². The van der Waals surface area contributed by atoms with Gasteiger partial charge in [-0.25, -0.2) is 0 Å². The van der Waals surface area contributed by atoms with Gasteiger partial charge in [-0.3, -0.25) is 0 Å². The Bertz CT molecular complexity index is 412. The first-order chi connectivity index (χ1) is 6.72. The lowest BCUT2D eigenvalue weighted by atomic mass is 10.0. The van der Waals surface area contributed by atoms with Crippen molar-refractivity contribution in [2.24, 2.45) is 0 Å². The molecular weight excluding hydrogens is 176 g/mol. The molecule has 1 unspecified atom stereocenters. The highest BCUT2D eigenvalue weighted by atomic mass is 16.5. The number of nitriles is 2. The van der Waals surface area contributed by atoms with Crippen LogP contribution in [0.5, 0.6) is 5.75 Å². The minimum absolute atomic E-state index is 0.201. The quantitative estimate of drug-likeness (QED) is 0.711. The summed E-state index contributed by atoms with van der Waals surface area (Å²) in [5.74, 6) is 0.342. The number of ether oxygens (including phenoxy) is 1. The molecule has 0 saturated heterocycles. The van der Waals surface area contributed by atoms with Gasteiger partial charge in [0.1, 0.15) is 11.8 Å². The Balaban J connectivity index is 3.17. The maximum Gasteiger partial charge on any atom is 0.136 e. The van der Waals surface area contributed by atoms with E-state index in [0.29, 0.717) is 11.3 Å². The summed E-state index contributed by atoms with van der Waals surface area (Å²) in [5, 5.41) is 17.5. The first-order valence-electron chi connectivity index (χ1n) is 4.20. The van der Waals surface area contributed by atoms with Crippen molar-refractivity contribution in [1.82, 2.24) is 0 Å². The summed E-state index contributed by atoms with van der Waals surface area (Å²) in [6.07, 6.45) is 0. The summed E-state index contributed by atoms with van der Waals surface area (Å²) in [4.78, 5) is 0. The zero-order valence-electron chi connectivity index (χ0n) is 8.11. The molecule has 1 atom stereocenters. The van der Waals surface area contributed by atoms with Crippen LogP contribution >= 0.6 is 0 Å². The Hall–Kier alpha value is -2.00. The molecule has 1 rings (SSSR count). The Kier molecular flexibility index (Phi) is 3.09. The van der Waals surface area contributed by atoms with E-state index in [-0.39, 0.29) is 5.92 Å². The topological polar surface area (TPSA) is 56.8 Å². The minimum atomic E-state index is -0.201. The Morgan fingerprint density at radius 2 is 2.07 bits per heavy atom. The van der Waals surface area contributed by atoms with Crippen LogP contribution in [0.4, 0.5) is 0 Å². The van der Waals surface area contributed by atoms with E-state index in [0.717, 1.165) is 5.56 Å². The van der Waals surface area contributed by atoms with E-state index < -0.39 is 0 Å². The lowest BCUT2D eigenvalue weighted by Crippen LogP contribution is -1.93. The molecule has 0 aromatic heterocycles. The Morgan fingerprint density at radius 1 is 1.36 bits per heavy atom. The maximum atomic E-state index is 8.82. The van der Waals surface area contributed by atoms with Gasteiger partial charge in [0.2, 0.25) is 0 Å². The standard InChI is InChI=1S/C11H10N2O/c1-8(6-12)9-3-4-11(14-2)10(5-9)7-13/h3-5,8H,1-2H3. The Morgan fingerprint density at radius 3 is 2.57 bits per heavy atom. The van der Waals surface area contributed by atoms with Gasteiger partial charge in [0.25, 0.3) is 0 Å². The number of hydrogen-bond acceptors (Lipinski definition) is 3. The molecular formula is C11H10N2O. The van der Waals surface area contributed by atoms with Crippen LogP contribution in [0.3, 0.4) is 0 Å². The molecule has 70 valence electrons. The summed E-state index contributed by atoms with van der Waals surface area (Å²) in [7, 11) is 1.52. The van der Waals surface area contributed by atoms with Crippen molar-refractivity contribution in [3.63, 3.8) is 0 Å². The fourth-order valence-corrected chi connectivity index (χ4v) is 1.16. The molecule has 0 radical (unpaired) electrons. The van der Waals surface area contributed by atoms with E-state index >= 15 is 0 Å². The van der Waals surface area contributed by atoms with Crippen LogP contribution in [0, 0.1) is 22.7 Å². The first kappa shape index (κ1) is 10.1. The molecule has 3 heteroatoms. The van der Waals surface area contributed by atoms with Gasteiger partial charge in [0.15, 0.2) is 0 Å². The van der Waals surface area contributed by atoms with Crippen molar-refractivity contribution in [1.29, 1.82) is 10.5 Å². The van der Waals surface area contributed by atoms with Gasteiger partial charge < -0.3 is 4.74 Å². The SMILES string of the molecule is COc1ccc(C(C)C#N)cc1C#N. The second-order valence-corrected chi connectivity index (χ2v) is 2.92. The van der Waals surface area contributed by atoms with Crippen LogP contribution in [0.2, 0.25) is 0 Å². The zero-order valence-corrected chi connectivity index (χ0v) is 8.11. The molecule has 0 aliphatic rings. The number of benzene rings is 1. The number of rotatable bonds is 2. The van der Waals surface area contributed by atoms with Crippen LogP contribution in [0.25, 0.3) is 0 Å². The summed E-state index contributed by atoms with van der Waals surface area (Å²) in [5.41, 5.74) is 1.30. The highest BCUT2D eigenvalue weighted by Crippen LogP contribution is 2.23. The van der Waals surface area contributed by atoms with Gasteiger partial charge in [-0.2, -0.15) is 10.5 Å². The van der Waals surface area contributed by atoms with Crippen molar-refractivity contribution < 1.29 is 4.74 Å². The summed E-state index contributed by atoms with van der Waals surface area (Å²) >= 11 is 0. The lowest BCUT2D eigenvalue weighted by Gasteiger charge is -2.06. The highest BCUT2D eigenvalue weighted by molar-refractivity contribution is 5.46. The van der Waals surface area contributed by atoms with Crippen molar-refractivity contribution in [2.45, 2.75) is 12.8 Å². The smallest absolute Gasteiger partial charge is 0.136 e. The first-order valence-corrected chi connectivity index (χ1v) is 4.20. The molecule has 1 aromatic rings. The number of methoxy groups -OCH3 is 1. The average molecular weight is 186 g/mol. The van der Waals surface area contributed by atoms with E-state index in [1.165, 1.54) is 7.11 Å². The zero-order chi connectivity index (χ0) is 10.6. The van der Waals surface area contributed by atoms with Gasteiger partial charge in [-0.15, -0.1) is 0 Å². The van der Waals surface area contributed by atoms with E-state index in [9.17, 15) is 0 Å². The third-order valence-corrected chi connectivity index (χ3v) is 2.04. The average Bonchev–Trinajstić information content (AvgIpc) is 2.26. The fourth-order valence-electron chi connectivity index (χ4n) is 1.16. The predicted octanol–water partition coefficient (Wildman–Crippen LogP) is 2.19. The van der Waals surface area contributed by atoms with Gasteiger partial charge in [-0.1, -0.05) is 6.07 Å². The van der Waals surface area contributed by atoms with Gasteiger partial charge in [-0.05, 0) is 24.6 Å². The number of hydrogen-bond donors (Lipinski definition) is 0. The van der Waals surface area contributed by atoms with Crippen molar-refractivity contribution in [2.75, 3.05) is 7.11 Å². The molecule has 0 amide bonds. The number of nitrogens with zero attached hydrogens (tertiary/aromatic N) is 2. The van der Waals surface area contributed by atoms with Gasteiger partial charge in [0.05, 0.1) is 24.7 Å². The Labute approximate surface area is 83.2 Å². The molecule has 0 saturated carbocycles. The van der Waals surface area contributed by atoms with Gasteiger partial charge >= 0.3 is 0 Å². The molecule has 0 fully saturated rings. The third kappa shape index (κ3) is 1.84. The van der Waals surface area contributed by atoms with Crippen LogP contribution in [-0.4, -0.2) is 7.11 Å². The molecule has 1 aromatic carbocycles. The molecule has 0 spiro atoms. The second-order valence-electron chi connectivity index (χ2n) is 2.92. The third-order valence-electron chi connectivity index (χ3n) is 2.04. The molecule has 0 aliphatic carbocycles. The molecule has 0 bridgehead atoms. The molecule has 14 heavy (non-hydrogen) atoms. The normalized spacial score (nSPS) is 11.1. The van der Waals surface area contributed by atoms with E-state index in [2.05, 4.69) is 6.07 Å². The molecule has 0 N–H and O–H groups in total. The predicted molar refractivity (Wildman–Crippen MR) is 51.7 cm³/mol. The van der Waals surface area contributed by atoms with Crippen LogP contribution in [0.1, 0.15) is 24.0 Å². The molecule has 0 aliphatic heterocycles. The van der Waals surface area contributed by atoms with E-state index in [1.54, 1.807) is 25.1 Å². The minimum Gasteiger partial charge on any atom is -0.495 e.